The van der Waals surface area contributed by atoms with Crippen molar-refractivity contribution in [2.24, 2.45) is 0 Å². The Labute approximate surface area is 116 Å². The molecular formula is C15H27NOS. The van der Waals surface area contributed by atoms with Crippen molar-refractivity contribution >= 4 is 11.3 Å². The summed E-state index contributed by atoms with van der Waals surface area (Å²) >= 11 is 1.85. The number of rotatable bonds is 9. The molecule has 2 nitrogen and oxygen atoms in total. The first-order valence-electron chi connectivity index (χ1n) is 7.06. The van der Waals surface area contributed by atoms with E-state index in [1.54, 1.807) is 0 Å². The van der Waals surface area contributed by atoms with E-state index in [1.165, 1.54) is 4.88 Å². The average Bonchev–Trinajstić information content (AvgIpc) is 2.91. The van der Waals surface area contributed by atoms with E-state index in [4.69, 9.17) is 4.74 Å². The van der Waals surface area contributed by atoms with Gasteiger partial charge in [-0.1, -0.05) is 19.9 Å². The minimum atomic E-state index is -0.0131. The van der Waals surface area contributed by atoms with Gasteiger partial charge in [0.15, 0.2) is 0 Å². The maximum Gasteiger partial charge on any atom is 0.0829 e. The van der Waals surface area contributed by atoms with E-state index in [1.807, 2.05) is 11.3 Å². The Morgan fingerprint density at radius 3 is 2.50 bits per heavy atom. The molecule has 1 aromatic heterocycles. The van der Waals surface area contributed by atoms with Crippen molar-refractivity contribution < 1.29 is 4.74 Å². The summed E-state index contributed by atoms with van der Waals surface area (Å²) in [6.45, 7) is 7.34. The Kier molecular flexibility index (Phi) is 6.90. The minimum absolute atomic E-state index is 0.0131. The summed E-state index contributed by atoms with van der Waals surface area (Å²) in [7, 11) is 2.05. The Bertz CT molecular complexity index is 306. The lowest BCUT2D eigenvalue weighted by Crippen LogP contribution is -2.51. The molecule has 0 aliphatic carbocycles. The first kappa shape index (κ1) is 15.7. The molecule has 18 heavy (non-hydrogen) atoms. The lowest BCUT2D eigenvalue weighted by Gasteiger charge is -2.39. The summed E-state index contributed by atoms with van der Waals surface area (Å²) in [5, 5.41) is 5.62. The molecular weight excluding hydrogens is 242 g/mol. The van der Waals surface area contributed by atoms with E-state index in [-0.39, 0.29) is 5.60 Å². The predicted molar refractivity (Wildman–Crippen MR) is 80.4 cm³/mol. The second-order valence-electron chi connectivity index (χ2n) is 4.66. The highest BCUT2D eigenvalue weighted by Gasteiger charge is 2.35. The van der Waals surface area contributed by atoms with Crippen LogP contribution in [0.2, 0.25) is 0 Å². The SMILES string of the molecule is CCOC(CC)(CC)C(CCc1cccs1)NC. The Morgan fingerprint density at radius 1 is 1.33 bits per heavy atom. The van der Waals surface area contributed by atoms with Gasteiger partial charge in [0.1, 0.15) is 0 Å². The number of ether oxygens (including phenoxy) is 1. The van der Waals surface area contributed by atoms with Crippen LogP contribution in [0.5, 0.6) is 0 Å². The van der Waals surface area contributed by atoms with Crippen molar-refractivity contribution in [1.29, 1.82) is 0 Å². The zero-order valence-electron chi connectivity index (χ0n) is 12.2. The molecule has 0 bridgehead atoms. The molecule has 0 fully saturated rings. The first-order chi connectivity index (χ1) is 8.72. The van der Waals surface area contributed by atoms with Crippen molar-refractivity contribution in [2.45, 2.75) is 58.1 Å². The van der Waals surface area contributed by atoms with Crippen molar-refractivity contribution in [3.8, 4) is 0 Å². The maximum absolute atomic E-state index is 6.09. The molecule has 0 saturated heterocycles. The van der Waals surface area contributed by atoms with E-state index >= 15 is 0 Å². The van der Waals surface area contributed by atoms with Crippen LogP contribution in [0.1, 0.15) is 44.9 Å². The molecule has 0 radical (unpaired) electrons. The second-order valence-corrected chi connectivity index (χ2v) is 5.70. The van der Waals surface area contributed by atoms with E-state index in [9.17, 15) is 0 Å². The first-order valence-corrected chi connectivity index (χ1v) is 7.94. The summed E-state index contributed by atoms with van der Waals surface area (Å²) in [6.07, 6.45) is 4.40. The molecule has 1 aromatic rings. The van der Waals surface area contributed by atoms with E-state index in [2.05, 4.69) is 50.6 Å². The van der Waals surface area contributed by atoms with Gasteiger partial charge in [-0.2, -0.15) is 0 Å². The summed E-state index contributed by atoms with van der Waals surface area (Å²) in [5.74, 6) is 0. The summed E-state index contributed by atoms with van der Waals surface area (Å²) in [5.41, 5.74) is -0.0131. The van der Waals surface area contributed by atoms with Crippen LogP contribution >= 0.6 is 11.3 Å². The molecule has 3 heteroatoms. The summed E-state index contributed by atoms with van der Waals surface area (Å²) in [4.78, 5) is 1.47. The van der Waals surface area contributed by atoms with E-state index < -0.39 is 0 Å². The van der Waals surface area contributed by atoms with Gasteiger partial charge in [-0.15, -0.1) is 11.3 Å². The molecule has 0 spiro atoms. The van der Waals surface area contributed by atoms with Gasteiger partial charge in [0.2, 0.25) is 0 Å². The monoisotopic (exact) mass is 269 g/mol. The number of thiophene rings is 1. The van der Waals surface area contributed by atoms with Gasteiger partial charge >= 0.3 is 0 Å². The molecule has 0 amide bonds. The quantitative estimate of drug-likeness (QED) is 0.735. The van der Waals surface area contributed by atoms with Crippen molar-refractivity contribution in [1.82, 2.24) is 5.32 Å². The fraction of sp³-hybridized carbons (Fsp3) is 0.733. The standard InChI is InChI=1S/C15H27NOS/c1-5-15(6-2,17-7-3)14(16-4)11-10-13-9-8-12-18-13/h8-9,12,14,16H,5-7,10-11H2,1-4H3. The highest BCUT2D eigenvalue weighted by molar-refractivity contribution is 7.09. The third-order valence-electron chi connectivity index (χ3n) is 3.87. The molecule has 1 N–H and O–H groups in total. The number of hydrogen-bond donors (Lipinski definition) is 1. The molecule has 1 rings (SSSR count). The van der Waals surface area contributed by atoms with Crippen molar-refractivity contribution in [3.63, 3.8) is 0 Å². The normalized spacial score (nSPS) is 13.8. The highest BCUT2D eigenvalue weighted by Crippen LogP contribution is 2.28. The number of nitrogens with one attached hydrogen (secondary N) is 1. The fourth-order valence-corrected chi connectivity index (χ4v) is 3.47. The molecule has 0 aromatic carbocycles. The zero-order valence-corrected chi connectivity index (χ0v) is 13.0. The van der Waals surface area contributed by atoms with Crippen LogP contribution in [0.25, 0.3) is 0 Å². The molecule has 0 saturated carbocycles. The lowest BCUT2D eigenvalue weighted by molar-refractivity contribution is -0.0720. The molecule has 1 atom stereocenters. The lowest BCUT2D eigenvalue weighted by atomic mass is 9.85. The van der Waals surface area contributed by atoms with Crippen LogP contribution in [-0.2, 0) is 11.2 Å². The number of aryl methyl sites for hydroxylation is 1. The zero-order chi connectivity index (χ0) is 13.4. The van der Waals surface area contributed by atoms with Crippen molar-refractivity contribution in [2.75, 3.05) is 13.7 Å². The maximum atomic E-state index is 6.09. The van der Waals surface area contributed by atoms with Crippen LogP contribution in [-0.4, -0.2) is 25.3 Å². The third-order valence-corrected chi connectivity index (χ3v) is 4.81. The van der Waals surface area contributed by atoms with Gasteiger partial charge in [-0.25, -0.2) is 0 Å². The predicted octanol–water partition coefficient (Wildman–Crippen LogP) is 3.86. The van der Waals surface area contributed by atoms with Crippen LogP contribution in [0.15, 0.2) is 17.5 Å². The number of likely N-dealkylation sites (N-methyl/N-ethyl adjacent to an activating group) is 1. The molecule has 0 aliphatic rings. The van der Waals surface area contributed by atoms with Crippen LogP contribution < -0.4 is 5.32 Å². The van der Waals surface area contributed by atoms with Gasteiger partial charge in [0, 0.05) is 17.5 Å². The van der Waals surface area contributed by atoms with Crippen LogP contribution in [0.4, 0.5) is 0 Å². The smallest absolute Gasteiger partial charge is 0.0829 e. The Balaban J connectivity index is 2.66. The second kappa shape index (κ2) is 7.93. The van der Waals surface area contributed by atoms with E-state index in [0.717, 1.165) is 32.3 Å². The summed E-state index contributed by atoms with van der Waals surface area (Å²) < 4.78 is 6.09. The topological polar surface area (TPSA) is 21.3 Å². The van der Waals surface area contributed by atoms with Gasteiger partial charge in [0.25, 0.3) is 0 Å². The average molecular weight is 269 g/mol. The fourth-order valence-electron chi connectivity index (χ4n) is 2.75. The van der Waals surface area contributed by atoms with Gasteiger partial charge in [-0.3, -0.25) is 0 Å². The highest BCUT2D eigenvalue weighted by atomic mass is 32.1. The largest absolute Gasteiger partial charge is 0.374 e. The van der Waals surface area contributed by atoms with Gasteiger partial charge in [-0.05, 0) is 51.1 Å². The van der Waals surface area contributed by atoms with E-state index in [0.29, 0.717) is 6.04 Å². The molecule has 1 heterocycles. The molecule has 0 aliphatic heterocycles. The number of hydrogen-bond acceptors (Lipinski definition) is 3. The third kappa shape index (κ3) is 3.81. The minimum Gasteiger partial charge on any atom is -0.374 e. The molecule has 104 valence electrons. The van der Waals surface area contributed by atoms with Crippen LogP contribution in [0, 0.1) is 0 Å². The van der Waals surface area contributed by atoms with Crippen LogP contribution in [0.3, 0.4) is 0 Å². The molecule has 1 unspecified atom stereocenters. The Morgan fingerprint density at radius 2 is 2.06 bits per heavy atom. The van der Waals surface area contributed by atoms with Gasteiger partial charge < -0.3 is 10.1 Å². The Hall–Kier alpha value is -0.380. The van der Waals surface area contributed by atoms with Crippen molar-refractivity contribution in [3.05, 3.63) is 22.4 Å². The summed E-state index contributed by atoms with van der Waals surface area (Å²) in [6, 6.07) is 4.77. The van der Waals surface area contributed by atoms with Gasteiger partial charge in [0.05, 0.1) is 5.60 Å².